The zero-order valence-corrected chi connectivity index (χ0v) is 10.0. The molecule has 3 rings (SSSR count). The summed E-state index contributed by atoms with van der Waals surface area (Å²) in [7, 11) is 0. The number of ether oxygens (including phenoxy) is 1. The van der Waals surface area contributed by atoms with Crippen molar-refractivity contribution in [1.82, 2.24) is 9.97 Å². The van der Waals surface area contributed by atoms with Gasteiger partial charge in [-0.25, -0.2) is 13.8 Å². The van der Waals surface area contributed by atoms with Gasteiger partial charge in [-0.3, -0.25) is 0 Å². The molecule has 1 fully saturated rings. The third-order valence-corrected chi connectivity index (χ3v) is 3.53. The predicted octanol–water partition coefficient (Wildman–Crippen LogP) is 3.12. The lowest BCUT2D eigenvalue weighted by molar-refractivity contribution is 0.0996. The van der Waals surface area contributed by atoms with E-state index in [4.69, 9.17) is 4.74 Å². The van der Waals surface area contributed by atoms with Gasteiger partial charge in [0.05, 0.1) is 11.6 Å². The molecule has 96 valence electrons. The molecular weight excluding hydrogens is 238 g/mol. The Hall–Kier alpha value is -1.49. The zero-order chi connectivity index (χ0) is 12.7. The maximum absolute atomic E-state index is 13.6. The molecule has 18 heavy (non-hydrogen) atoms. The highest BCUT2D eigenvalue weighted by Gasteiger charge is 2.31. The first-order chi connectivity index (χ1) is 8.70. The lowest BCUT2D eigenvalue weighted by Gasteiger charge is -2.13. The first kappa shape index (κ1) is 11.6. The van der Waals surface area contributed by atoms with Crippen LogP contribution in [0.5, 0.6) is 0 Å². The van der Waals surface area contributed by atoms with Crippen molar-refractivity contribution < 1.29 is 13.5 Å². The molecule has 2 atom stereocenters. The number of aromatic amines is 1. The molecule has 1 N–H and O–H groups in total. The monoisotopic (exact) mass is 252 g/mol. The normalized spacial score (nSPS) is 23.9. The highest BCUT2D eigenvalue weighted by Crippen LogP contribution is 2.32. The van der Waals surface area contributed by atoms with Gasteiger partial charge >= 0.3 is 0 Å². The Morgan fingerprint density at radius 2 is 2.28 bits per heavy atom. The molecule has 1 aliphatic rings. The van der Waals surface area contributed by atoms with E-state index in [-0.39, 0.29) is 17.5 Å². The molecule has 1 saturated heterocycles. The van der Waals surface area contributed by atoms with Crippen molar-refractivity contribution in [2.45, 2.75) is 31.8 Å². The summed E-state index contributed by atoms with van der Waals surface area (Å²) in [6.07, 6.45) is 1.86. The zero-order valence-electron chi connectivity index (χ0n) is 10.0. The number of halogens is 2. The highest BCUT2D eigenvalue weighted by atomic mass is 19.2. The molecule has 3 nitrogen and oxygen atoms in total. The van der Waals surface area contributed by atoms with Crippen LogP contribution < -0.4 is 0 Å². The second-order valence-electron chi connectivity index (χ2n) is 4.59. The molecule has 1 aromatic heterocycles. The molecule has 0 spiro atoms. The summed E-state index contributed by atoms with van der Waals surface area (Å²) in [4.78, 5) is 7.27. The second-order valence-corrected chi connectivity index (χ2v) is 4.59. The summed E-state index contributed by atoms with van der Waals surface area (Å²) >= 11 is 0. The summed E-state index contributed by atoms with van der Waals surface area (Å²) < 4.78 is 32.3. The van der Waals surface area contributed by atoms with Gasteiger partial charge in [0.15, 0.2) is 11.6 Å². The van der Waals surface area contributed by atoms with Gasteiger partial charge in [0, 0.05) is 12.5 Å². The molecule has 0 aliphatic carbocycles. The Morgan fingerprint density at radius 1 is 1.44 bits per heavy atom. The van der Waals surface area contributed by atoms with E-state index >= 15 is 0 Å². The number of benzene rings is 1. The van der Waals surface area contributed by atoms with E-state index in [1.165, 1.54) is 6.07 Å². The molecule has 1 aromatic carbocycles. The average molecular weight is 252 g/mol. The molecule has 0 saturated carbocycles. The van der Waals surface area contributed by atoms with Crippen LogP contribution in [0, 0.1) is 11.6 Å². The molecule has 1 aliphatic heterocycles. The first-order valence-corrected chi connectivity index (χ1v) is 6.16. The third-order valence-electron chi connectivity index (χ3n) is 3.53. The van der Waals surface area contributed by atoms with Crippen molar-refractivity contribution in [3.05, 3.63) is 29.6 Å². The van der Waals surface area contributed by atoms with Crippen molar-refractivity contribution in [2.24, 2.45) is 0 Å². The van der Waals surface area contributed by atoms with Crippen molar-refractivity contribution in [1.29, 1.82) is 0 Å². The Bertz CT molecular complexity index is 582. The topological polar surface area (TPSA) is 37.9 Å². The molecule has 5 heteroatoms. The molecule has 2 aromatic rings. The van der Waals surface area contributed by atoms with Crippen LogP contribution in [-0.2, 0) is 4.74 Å². The van der Waals surface area contributed by atoms with Crippen LogP contribution in [0.25, 0.3) is 11.0 Å². The smallest absolute Gasteiger partial charge is 0.186 e. The van der Waals surface area contributed by atoms with E-state index in [1.807, 2.05) is 6.92 Å². The van der Waals surface area contributed by atoms with Gasteiger partial charge in [-0.1, -0.05) is 6.92 Å². The highest BCUT2D eigenvalue weighted by molar-refractivity contribution is 5.75. The number of nitrogens with zero attached hydrogens (tertiary/aromatic N) is 1. The standard InChI is InChI=1S/C13H14F2N2O/c1-2-10-7(5-6-18-10)13-16-9-4-3-8(14)11(15)12(9)17-13/h3-4,7,10H,2,5-6H2,1H3,(H,16,17). The van der Waals surface area contributed by atoms with Crippen molar-refractivity contribution in [2.75, 3.05) is 6.61 Å². The van der Waals surface area contributed by atoms with E-state index in [0.717, 1.165) is 18.9 Å². The molecular formula is C13H14F2N2O. The minimum absolute atomic E-state index is 0.0757. The fourth-order valence-electron chi connectivity index (χ4n) is 2.58. The molecule has 2 unspecified atom stereocenters. The van der Waals surface area contributed by atoms with Gasteiger partial charge in [0.25, 0.3) is 0 Å². The summed E-state index contributed by atoms with van der Waals surface area (Å²) in [5.74, 6) is -0.916. The number of aromatic nitrogens is 2. The summed E-state index contributed by atoms with van der Waals surface area (Å²) in [6.45, 7) is 2.74. The van der Waals surface area contributed by atoms with E-state index in [0.29, 0.717) is 17.9 Å². The van der Waals surface area contributed by atoms with Crippen LogP contribution in [-0.4, -0.2) is 22.7 Å². The minimum atomic E-state index is -0.887. The van der Waals surface area contributed by atoms with Gasteiger partial charge < -0.3 is 9.72 Å². The SMILES string of the molecule is CCC1OCCC1c1nc2c(F)c(F)ccc2[nH]1. The van der Waals surface area contributed by atoms with E-state index in [9.17, 15) is 8.78 Å². The van der Waals surface area contributed by atoms with Gasteiger partial charge in [0.1, 0.15) is 11.3 Å². The van der Waals surface area contributed by atoms with Crippen LogP contribution in [0.2, 0.25) is 0 Å². The number of nitrogens with one attached hydrogen (secondary N) is 1. The largest absolute Gasteiger partial charge is 0.377 e. The lowest BCUT2D eigenvalue weighted by Crippen LogP contribution is -2.14. The van der Waals surface area contributed by atoms with Crippen LogP contribution in [0.15, 0.2) is 12.1 Å². The fourth-order valence-corrected chi connectivity index (χ4v) is 2.58. The lowest BCUT2D eigenvalue weighted by atomic mass is 9.99. The van der Waals surface area contributed by atoms with Gasteiger partial charge in [-0.15, -0.1) is 0 Å². The maximum atomic E-state index is 13.6. The summed E-state index contributed by atoms with van der Waals surface area (Å²) in [5, 5.41) is 0. The molecule has 0 bridgehead atoms. The quantitative estimate of drug-likeness (QED) is 0.891. The Kier molecular flexibility index (Phi) is 2.78. The fraction of sp³-hybridized carbons (Fsp3) is 0.462. The van der Waals surface area contributed by atoms with E-state index in [2.05, 4.69) is 9.97 Å². The van der Waals surface area contributed by atoms with Crippen LogP contribution in [0.3, 0.4) is 0 Å². The maximum Gasteiger partial charge on any atom is 0.186 e. The first-order valence-electron chi connectivity index (χ1n) is 6.16. The number of hydrogen-bond acceptors (Lipinski definition) is 2. The molecule has 0 radical (unpaired) electrons. The minimum Gasteiger partial charge on any atom is -0.377 e. The van der Waals surface area contributed by atoms with Gasteiger partial charge in [-0.05, 0) is 25.0 Å². The number of rotatable bonds is 2. The van der Waals surface area contributed by atoms with Crippen molar-refractivity contribution in [3.8, 4) is 0 Å². The predicted molar refractivity (Wildman–Crippen MR) is 63.4 cm³/mol. The van der Waals surface area contributed by atoms with Gasteiger partial charge in [-0.2, -0.15) is 0 Å². The third kappa shape index (κ3) is 1.70. The van der Waals surface area contributed by atoms with Crippen molar-refractivity contribution in [3.63, 3.8) is 0 Å². The number of imidazole rings is 1. The summed E-state index contributed by atoms with van der Waals surface area (Å²) in [5.41, 5.74) is 0.609. The van der Waals surface area contributed by atoms with Crippen molar-refractivity contribution >= 4 is 11.0 Å². The number of hydrogen-bond donors (Lipinski definition) is 1. The molecule has 2 heterocycles. The average Bonchev–Trinajstić information content (AvgIpc) is 2.99. The number of H-pyrrole nitrogens is 1. The Balaban J connectivity index is 2.06. The number of fused-ring (bicyclic) bond motifs is 1. The van der Waals surface area contributed by atoms with Crippen LogP contribution >= 0.6 is 0 Å². The second kappa shape index (κ2) is 4.31. The van der Waals surface area contributed by atoms with Crippen LogP contribution in [0.1, 0.15) is 31.5 Å². The van der Waals surface area contributed by atoms with E-state index in [1.54, 1.807) is 0 Å². The Morgan fingerprint density at radius 3 is 3.06 bits per heavy atom. The Labute approximate surface area is 103 Å². The van der Waals surface area contributed by atoms with E-state index < -0.39 is 11.6 Å². The molecule has 0 amide bonds. The van der Waals surface area contributed by atoms with Gasteiger partial charge in [0.2, 0.25) is 0 Å². The summed E-state index contributed by atoms with van der Waals surface area (Å²) in [6, 6.07) is 2.63. The van der Waals surface area contributed by atoms with Crippen LogP contribution in [0.4, 0.5) is 8.78 Å².